The lowest BCUT2D eigenvalue weighted by molar-refractivity contribution is -0.117. The monoisotopic (exact) mass is 462 g/mol. The molecule has 0 saturated heterocycles. The molecule has 0 spiro atoms. The van der Waals surface area contributed by atoms with Gasteiger partial charge in [-0.1, -0.05) is 17.4 Å². The number of nitrogens with zero attached hydrogens (tertiary/aromatic N) is 2. The Kier molecular flexibility index (Phi) is 5.70. The molecule has 0 radical (unpaired) electrons. The third-order valence-electron chi connectivity index (χ3n) is 5.05. The van der Waals surface area contributed by atoms with Gasteiger partial charge in [-0.25, -0.2) is 9.37 Å². The van der Waals surface area contributed by atoms with E-state index in [2.05, 4.69) is 20.6 Å². The van der Waals surface area contributed by atoms with Crippen LogP contribution in [0.3, 0.4) is 0 Å². The molecule has 5 rings (SSSR count). The van der Waals surface area contributed by atoms with Gasteiger partial charge in [0.25, 0.3) is 0 Å². The average molecular weight is 463 g/mol. The molecule has 0 aliphatic heterocycles. The Balaban J connectivity index is 1.28. The van der Waals surface area contributed by atoms with Crippen molar-refractivity contribution < 1.29 is 18.7 Å². The molecule has 33 heavy (non-hydrogen) atoms. The maximum atomic E-state index is 14.3. The smallest absolute Gasteiger partial charge is 0.230 e. The maximum Gasteiger partial charge on any atom is 0.230 e. The molecule has 7 nitrogen and oxygen atoms in total. The van der Waals surface area contributed by atoms with E-state index in [1.807, 2.05) is 6.07 Å². The normalized spacial score (nSPS) is 13.0. The molecule has 2 aromatic heterocycles. The van der Waals surface area contributed by atoms with Crippen molar-refractivity contribution in [3.8, 4) is 11.5 Å². The lowest BCUT2D eigenvalue weighted by Gasteiger charge is -2.10. The number of anilines is 2. The summed E-state index contributed by atoms with van der Waals surface area (Å²) in [5, 5.41) is 5.98. The van der Waals surface area contributed by atoms with Crippen molar-refractivity contribution in [3.05, 3.63) is 72.3 Å². The number of thiazole rings is 1. The van der Waals surface area contributed by atoms with Gasteiger partial charge in [0.05, 0.1) is 22.3 Å². The van der Waals surface area contributed by atoms with Gasteiger partial charge in [-0.2, -0.15) is 0 Å². The molecule has 1 saturated carbocycles. The predicted molar refractivity (Wildman–Crippen MR) is 124 cm³/mol. The summed E-state index contributed by atoms with van der Waals surface area (Å²) in [6.07, 6.45) is 3.49. The number of nitrogens with one attached hydrogen (secondary N) is 2. The van der Waals surface area contributed by atoms with Crippen LogP contribution in [0.2, 0.25) is 0 Å². The molecule has 1 aliphatic carbocycles. The van der Waals surface area contributed by atoms with E-state index in [4.69, 9.17) is 4.74 Å². The molecule has 4 aromatic rings. The molecular formula is C24H19FN4O3S. The first-order chi connectivity index (χ1) is 16.0. The lowest BCUT2D eigenvalue weighted by atomic mass is 10.2. The number of carbonyl (C=O) groups is 2. The van der Waals surface area contributed by atoms with Crippen molar-refractivity contribution in [3.63, 3.8) is 0 Å². The van der Waals surface area contributed by atoms with Gasteiger partial charge >= 0.3 is 0 Å². The first kappa shape index (κ1) is 21.0. The molecule has 0 atom stereocenters. The summed E-state index contributed by atoms with van der Waals surface area (Å²) < 4.78 is 21.0. The van der Waals surface area contributed by atoms with E-state index in [-0.39, 0.29) is 29.8 Å². The van der Waals surface area contributed by atoms with E-state index in [1.165, 1.54) is 29.5 Å². The number of hydrogen-bond acceptors (Lipinski definition) is 6. The fraction of sp³-hybridized carbons (Fsp3) is 0.167. The first-order valence-corrected chi connectivity index (χ1v) is 11.2. The Morgan fingerprint density at radius 1 is 1.06 bits per heavy atom. The van der Waals surface area contributed by atoms with E-state index in [9.17, 15) is 14.0 Å². The third-order valence-corrected chi connectivity index (χ3v) is 5.99. The second-order valence-corrected chi connectivity index (χ2v) is 8.73. The number of hydrogen-bond donors (Lipinski definition) is 2. The second kappa shape index (κ2) is 8.95. The van der Waals surface area contributed by atoms with Crippen LogP contribution in [0, 0.1) is 11.7 Å². The highest BCUT2D eigenvalue weighted by atomic mass is 32.1. The van der Waals surface area contributed by atoms with Gasteiger partial charge in [-0.3, -0.25) is 14.6 Å². The van der Waals surface area contributed by atoms with Crippen LogP contribution in [0.4, 0.5) is 15.2 Å². The Labute approximate surface area is 192 Å². The summed E-state index contributed by atoms with van der Waals surface area (Å²) in [5.74, 6) is 0.0732. The van der Waals surface area contributed by atoms with Crippen molar-refractivity contribution in [2.75, 3.05) is 10.6 Å². The summed E-state index contributed by atoms with van der Waals surface area (Å²) in [4.78, 5) is 32.8. The van der Waals surface area contributed by atoms with Gasteiger partial charge in [0, 0.05) is 29.9 Å². The van der Waals surface area contributed by atoms with Gasteiger partial charge in [0.15, 0.2) is 5.13 Å². The Morgan fingerprint density at radius 3 is 2.67 bits per heavy atom. The zero-order valence-corrected chi connectivity index (χ0v) is 18.2. The quantitative estimate of drug-likeness (QED) is 0.396. The molecule has 1 aliphatic rings. The van der Waals surface area contributed by atoms with Crippen molar-refractivity contribution in [1.29, 1.82) is 0 Å². The molecule has 1 fully saturated rings. The summed E-state index contributed by atoms with van der Waals surface area (Å²) in [5.41, 5.74) is 1.37. The number of rotatable bonds is 7. The highest BCUT2D eigenvalue weighted by Crippen LogP contribution is 2.34. The van der Waals surface area contributed by atoms with Crippen LogP contribution in [0.25, 0.3) is 10.2 Å². The van der Waals surface area contributed by atoms with Crippen LogP contribution in [0.15, 0.2) is 60.8 Å². The highest BCUT2D eigenvalue weighted by molar-refractivity contribution is 7.22. The molecule has 2 N–H and O–H groups in total. The molecule has 2 amide bonds. The van der Waals surface area contributed by atoms with Crippen LogP contribution in [0.5, 0.6) is 11.5 Å². The Bertz CT molecular complexity index is 1340. The summed E-state index contributed by atoms with van der Waals surface area (Å²) in [7, 11) is 0. The number of fused-ring (bicyclic) bond motifs is 1. The summed E-state index contributed by atoms with van der Waals surface area (Å²) >= 11 is 1.36. The third kappa shape index (κ3) is 5.15. The van der Waals surface area contributed by atoms with E-state index in [1.54, 1.807) is 36.5 Å². The molecule has 2 heterocycles. The molecule has 9 heteroatoms. The predicted octanol–water partition coefficient (Wildman–Crippen LogP) is 5.15. The zero-order chi connectivity index (χ0) is 22.8. The van der Waals surface area contributed by atoms with E-state index in [0.29, 0.717) is 22.3 Å². The number of aromatic nitrogens is 2. The summed E-state index contributed by atoms with van der Waals surface area (Å²) in [6.45, 7) is 0. The largest absolute Gasteiger partial charge is 0.457 e. The Morgan fingerprint density at radius 2 is 1.88 bits per heavy atom. The number of ether oxygens (including phenoxy) is 1. The first-order valence-electron chi connectivity index (χ1n) is 10.4. The van der Waals surface area contributed by atoms with Gasteiger partial charge in [0.1, 0.15) is 17.3 Å². The highest BCUT2D eigenvalue weighted by Gasteiger charge is 2.30. The van der Waals surface area contributed by atoms with Crippen LogP contribution < -0.4 is 15.4 Å². The van der Waals surface area contributed by atoms with Crippen LogP contribution >= 0.6 is 11.3 Å². The molecular weight excluding hydrogens is 443 g/mol. The fourth-order valence-corrected chi connectivity index (χ4v) is 4.13. The Hall–Kier alpha value is -3.85. The topological polar surface area (TPSA) is 93.2 Å². The number of benzene rings is 2. The van der Waals surface area contributed by atoms with Crippen molar-refractivity contribution in [2.45, 2.75) is 19.3 Å². The number of carbonyl (C=O) groups excluding carboxylic acids is 2. The van der Waals surface area contributed by atoms with Gasteiger partial charge in [-0.15, -0.1) is 0 Å². The van der Waals surface area contributed by atoms with E-state index < -0.39 is 5.82 Å². The minimum atomic E-state index is -0.564. The number of pyridine rings is 1. The van der Waals surface area contributed by atoms with Crippen molar-refractivity contribution in [1.82, 2.24) is 9.97 Å². The van der Waals surface area contributed by atoms with E-state index in [0.717, 1.165) is 23.1 Å². The zero-order valence-electron chi connectivity index (χ0n) is 17.4. The summed E-state index contributed by atoms with van der Waals surface area (Å²) in [6, 6.07) is 14.8. The fourth-order valence-electron chi connectivity index (χ4n) is 3.24. The van der Waals surface area contributed by atoms with Gasteiger partial charge in [-0.05, 0) is 49.2 Å². The number of halogens is 1. The maximum absolute atomic E-state index is 14.3. The van der Waals surface area contributed by atoms with Gasteiger partial charge in [0.2, 0.25) is 11.8 Å². The lowest BCUT2D eigenvalue weighted by Crippen LogP contribution is -2.16. The van der Waals surface area contributed by atoms with Crippen LogP contribution in [-0.2, 0) is 16.0 Å². The van der Waals surface area contributed by atoms with E-state index >= 15 is 0 Å². The SMILES string of the molecule is O=C(Cc1ccccn1)Nc1cc(Oc2ccc3nc(NC(=O)C4CC4)sc3c2)ccc1F. The van der Waals surface area contributed by atoms with Crippen LogP contribution in [0.1, 0.15) is 18.5 Å². The minimum Gasteiger partial charge on any atom is -0.457 e. The average Bonchev–Trinajstić information content (AvgIpc) is 3.57. The standard InChI is InChI=1S/C24H19FN4O3S/c25-18-8-6-16(12-20(18)27-22(30)11-15-3-1-2-10-26-15)32-17-7-9-19-21(13-17)33-24(28-19)29-23(31)14-4-5-14/h1-3,6-10,12-14H,4-5,11H2,(H,27,30)(H,28,29,31). The molecule has 2 aromatic carbocycles. The van der Waals surface area contributed by atoms with Crippen molar-refractivity contribution >= 4 is 44.2 Å². The van der Waals surface area contributed by atoms with Gasteiger partial charge < -0.3 is 15.4 Å². The molecule has 0 unspecified atom stereocenters. The minimum absolute atomic E-state index is 0.00876. The number of amides is 2. The molecule has 166 valence electrons. The molecule has 0 bridgehead atoms. The van der Waals surface area contributed by atoms with Crippen LogP contribution in [-0.4, -0.2) is 21.8 Å². The van der Waals surface area contributed by atoms with Crippen molar-refractivity contribution in [2.24, 2.45) is 5.92 Å². The second-order valence-electron chi connectivity index (χ2n) is 7.70.